The maximum absolute atomic E-state index is 13.0. The van der Waals surface area contributed by atoms with Gasteiger partial charge in [-0.25, -0.2) is 4.98 Å². The van der Waals surface area contributed by atoms with Gasteiger partial charge in [-0.2, -0.15) is 13.2 Å². The van der Waals surface area contributed by atoms with E-state index in [-0.39, 0.29) is 10.7 Å². The number of benzene rings is 1. The predicted molar refractivity (Wildman–Crippen MR) is 66.2 cm³/mol. The minimum absolute atomic E-state index is 0.00488. The first-order chi connectivity index (χ1) is 8.82. The second kappa shape index (κ2) is 4.86. The van der Waals surface area contributed by atoms with Crippen LogP contribution in [0.1, 0.15) is 24.2 Å². The molecule has 2 aromatic rings. The van der Waals surface area contributed by atoms with Gasteiger partial charge in [0.2, 0.25) is 0 Å². The van der Waals surface area contributed by atoms with E-state index in [2.05, 4.69) is 4.98 Å². The van der Waals surface area contributed by atoms with Gasteiger partial charge in [-0.3, -0.25) is 4.57 Å². The summed E-state index contributed by atoms with van der Waals surface area (Å²) in [4.78, 5) is 3.84. The minimum atomic E-state index is -4.50. The molecule has 0 unspecified atom stereocenters. The van der Waals surface area contributed by atoms with Crippen LogP contribution in [0.2, 0.25) is 5.02 Å². The Labute approximate surface area is 112 Å². The van der Waals surface area contributed by atoms with E-state index in [9.17, 15) is 13.2 Å². The maximum Gasteiger partial charge on any atom is 0.418 e. The van der Waals surface area contributed by atoms with Crippen LogP contribution in [0.4, 0.5) is 13.2 Å². The quantitative estimate of drug-likeness (QED) is 0.918. The fraction of sp³-hybridized carbons (Fsp3) is 0.250. The monoisotopic (exact) mass is 289 g/mol. The molecule has 0 aliphatic rings. The molecule has 0 aliphatic heterocycles. The standard InChI is InChI=1S/C12H11ClF3N3/c1-7(17)10-5-18-6-19(10)11-8(12(14,15)16)3-2-4-9(11)13/h2-7H,17H2,1H3/t7-/m0/s1. The summed E-state index contributed by atoms with van der Waals surface area (Å²) in [6.07, 6.45) is -1.80. The van der Waals surface area contributed by atoms with E-state index in [0.29, 0.717) is 5.69 Å². The molecule has 102 valence electrons. The van der Waals surface area contributed by atoms with E-state index in [1.54, 1.807) is 6.92 Å². The summed E-state index contributed by atoms with van der Waals surface area (Å²) in [5.74, 6) is 0. The van der Waals surface area contributed by atoms with E-state index < -0.39 is 17.8 Å². The highest BCUT2D eigenvalue weighted by atomic mass is 35.5. The Bertz CT molecular complexity index is 590. The van der Waals surface area contributed by atoms with Crippen LogP contribution in [0.15, 0.2) is 30.7 Å². The fourth-order valence-corrected chi connectivity index (χ4v) is 2.08. The van der Waals surface area contributed by atoms with E-state index in [1.807, 2.05) is 0 Å². The smallest absolute Gasteiger partial charge is 0.323 e. The van der Waals surface area contributed by atoms with Gasteiger partial charge in [-0.1, -0.05) is 17.7 Å². The summed E-state index contributed by atoms with van der Waals surface area (Å²) < 4.78 is 40.4. The number of imidazole rings is 1. The first kappa shape index (κ1) is 13.9. The topological polar surface area (TPSA) is 43.8 Å². The molecule has 1 aromatic carbocycles. The van der Waals surface area contributed by atoms with Gasteiger partial charge >= 0.3 is 6.18 Å². The highest BCUT2D eigenvalue weighted by Crippen LogP contribution is 2.38. The van der Waals surface area contributed by atoms with Gasteiger partial charge in [-0.15, -0.1) is 0 Å². The molecule has 0 saturated heterocycles. The average Bonchev–Trinajstić information content (AvgIpc) is 2.76. The zero-order chi connectivity index (χ0) is 14.2. The van der Waals surface area contributed by atoms with Crippen molar-refractivity contribution in [2.24, 2.45) is 5.73 Å². The van der Waals surface area contributed by atoms with Crippen LogP contribution in [-0.2, 0) is 6.18 Å². The van der Waals surface area contributed by atoms with Crippen molar-refractivity contribution in [3.05, 3.63) is 47.0 Å². The van der Waals surface area contributed by atoms with E-state index in [0.717, 1.165) is 6.07 Å². The summed E-state index contributed by atoms with van der Waals surface area (Å²) in [5, 5.41) is -0.00488. The number of rotatable bonds is 2. The molecule has 0 bridgehead atoms. The Morgan fingerprint density at radius 3 is 2.63 bits per heavy atom. The molecular formula is C12H11ClF3N3. The first-order valence-corrected chi connectivity index (χ1v) is 5.84. The molecule has 1 heterocycles. The van der Waals surface area contributed by atoms with Gasteiger partial charge in [0, 0.05) is 6.04 Å². The lowest BCUT2D eigenvalue weighted by Gasteiger charge is -2.18. The van der Waals surface area contributed by atoms with Crippen molar-refractivity contribution >= 4 is 11.6 Å². The second-order valence-electron chi connectivity index (χ2n) is 4.11. The van der Waals surface area contributed by atoms with Crippen LogP contribution in [0.5, 0.6) is 0 Å². The van der Waals surface area contributed by atoms with E-state index in [1.165, 1.54) is 29.2 Å². The molecule has 1 atom stereocenters. The van der Waals surface area contributed by atoms with Crippen molar-refractivity contribution < 1.29 is 13.2 Å². The van der Waals surface area contributed by atoms with Crippen molar-refractivity contribution in [3.8, 4) is 5.69 Å². The Kier molecular flexibility index (Phi) is 3.56. The number of hydrogen-bond donors (Lipinski definition) is 1. The minimum Gasteiger partial charge on any atom is -0.323 e. The van der Waals surface area contributed by atoms with Crippen LogP contribution >= 0.6 is 11.6 Å². The molecule has 0 aliphatic carbocycles. The van der Waals surface area contributed by atoms with Crippen LogP contribution < -0.4 is 5.73 Å². The molecule has 0 spiro atoms. The zero-order valence-corrected chi connectivity index (χ0v) is 10.7. The molecule has 0 amide bonds. The van der Waals surface area contributed by atoms with Gasteiger partial charge in [0.1, 0.15) is 0 Å². The molecule has 2 N–H and O–H groups in total. The number of para-hydroxylation sites is 1. The number of aromatic nitrogens is 2. The summed E-state index contributed by atoms with van der Waals surface area (Å²) in [5.41, 5.74) is 5.21. The molecule has 0 saturated carbocycles. The highest BCUT2D eigenvalue weighted by molar-refractivity contribution is 6.32. The van der Waals surface area contributed by atoms with Gasteiger partial charge in [0.05, 0.1) is 34.5 Å². The van der Waals surface area contributed by atoms with Gasteiger partial charge in [0.15, 0.2) is 0 Å². The molecule has 3 nitrogen and oxygen atoms in total. The largest absolute Gasteiger partial charge is 0.418 e. The van der Waals surface area contributed by atoms with Gasteiger partial charge < -0.3 is 5.73 Å². The summed E-state index contributed by atoms with van der Waals surface area (Å²) in [6.45, 7) is 1.66. The number of alkyl halides is 3. The Morgan fingerprint density at radius 2 is 2.05 bits per heavy atom. The van der Waals surface area contributed by atoms with Crippen LogP contribution in [0.25, 0.3) is 5.69 Å². The molecule has 0 fully saturated rings. The van der Waals surface area contributed by atoms with E-state index in [4.69, 9.17) is 17.3 Å². The van der Waals surface area contributed by atoms with Crippen LogP contribution in [-0.4, -0.2) is 9.55 Å². The van der Waals surface area contributed by atoms with Crippen molar-refractivity contribution in [3.63, 3.8) is 0 Å². The number of nitrogens with zero attached hydrogens (tertiary/aromatic N) is 2. The van der Waals surface area contributed by atoms with Crippen molar-refractivity contribution in [2.75, 3.05) is 0 Å². The summed E-state index contributed by atoms with van der Waals surface area (Å²) >= 11 is 5.91. The highest BCUT2D eigenvalue weighted by Gasteiger charge is 2.35. The lowest BCUT2D eigenvalue weighted by Crippen LogP contribution is -2.15. The van der Waals surface area contributed by atoms with Crippen molar-refractivity contribution in [2.45, 2.75) is 19.1 Å². The Morgan fingerprint density at radius 1 is 1.37 bits per heavy atom. The lowest BCUT2D eigenvalue weighted by atomic mass is 10.1. The first-order valence-electron chi connectivity index (χ1n) is 5.46. The molecule has 1 aromatic heterocycles. The van der Waals surface area contributed by atoms with E-state index >= 15 is 0 Å². The fourth-order valence-electron chi connectivity index (χ4n) is 1.82. The van der Waals surface area contributed by atoms with Crippen molar-refractivity contribution in [1.82, 2.24) is 9.55 Å². The predicted octanol–water partition coefficient (Wildman–Crippen LogP) is 3.56. The maximum atomic E-state index is 13.0. The molecule has 19 heavy (non-hydrogen) atoms. The number of hydrogen-bond acceptors (Lipinski definition) is 2. The third-order valence-corrected chi connectivity index (χ3v) is 2.97. The molecular weight excluding hydrogens is 279 g/mol. The normalized spacial score (nSPS) is 13.6. The van der Waals surface area contributed by atoms with Gasteiger partial charge in [-0.05, 0) is 19.1 Å². The second-order valence-corrected chi connectivity index (χ2v) is 4.52. The molecule has 7 heteroatoms. The Balaban J connectivity index is 2.71. The number of halogens is 4. The Hall–Kier alpha value is -1.53. The summed E-state index contributed by atoms with van der Waals surface area (Å²) in [6, 6.07) is 3.18. The third-order valence-electron chi connectivity index (χ3n) is 2.67. The molecule has 2 rings (SSSR count). The third kappa shape index (κ3) is 2.59. The SMILES string of the molecule is C[C@H](N)c1cncn1-c1c(Cl)cccc1C(F)(F)F. The van der Waals surface area contributed by atoms with Crippen molar-refractivity contribution in [1.29, 1.82) is 0 Å². The molecule has 0 radical (unpaired) electrons. The lowest BCUT2D eigenvalue weighted by molar-refractivity contribution is -0.137. The number of nitrogens with two attached hydrogens (primary N) is 1. The van der Waals surface area contributed by atoms with Crippen LogP contribution in [0, 0.1) is 0 Å². The van der Waals surface area contributed by atoms with Crippen LogP contribution in [0.3, 0.4) is 0 Å². The van der Waals surface area contributed by atoms with Gasteiger partial charge in [0.25, 0.3) is 0 Å². The summed E-state index contributed by atoms with van der Waals surface area (Å²) in [7, 11) is 0. The zero-order valence-electron chi connectivity index (χ0n) is 9.95. The average molecular weight is 290 g/mol.